The third kappa shape index (κ3) is 4.71. The fourth-order valence-electron chi connectivity index (χ4n) is 1.84. The highest BCUT2D eigenvalue weighted by Crippen LogP contribution is 2.08. The summed E-state index contributed by atoms with van der Waals surface area (Å²) >= 11 is 0. The van der Waals surface area contributed by atoms with Gasteiger partial charge in [0, 0.05) is 24.9 Å². The van der Waals surface area contributed by atoms with Gasteiger partial charge in [0.25, 0.3) is 0 Å². The Morgan fingerprint density at radius 1 is 1.25 bits per heavy atom. The van der Waals surface area contributed by atoms with Crippen molar-refractivity contribution in [2.24, 2.45) is 5.92 Å². The second-order valence-corrected chi connectivity index (χ2v) is 4.76. The first-order valence-corrected chi connectivity index (χ1v) is 6.12. The van der Waals surface area contributed by atoms with Crippen molar-refractivity contribution in [3.8, 4) is 0 Å². The molecule has 1 rings (SSSR count). The third-order valence-electron chi connectivity index (χ3n) is 2.51. The fraction of sp³-hybridized carbons (Fsp3) is 0.692. The standard InChI is InChI=1S/C13H23N3/c1-5-14-12(6-10(2)3)7-13-15-8-11(4)9-16-13/h8-10,12,14H,5-7H2,1-4H3. The van der Waals surface area contributed by atoms with Crippen LogP contribution in [0.5, 0.6) is 0 Å². The highest BCUT2D eigenvalue weighted by Gasteiger charge is 2.11. The van der Waals surface area contributed by atoms with Crippen molar-refractivity contribution < 1.29 is 0 Å². The number of rotatable bonds is 6. The summed E-state index contributed by atoms with van der Waals surface area (Å²) in [6, 6.07) is 0.493. The van der Waals surface area contributed by atoms with Crippen LogP contribution in [-0.4, -0.2) is 22.6 Å². The van der Waals surface area contributed by atoms with E-state index in [1.807, 2.05) is 19.3 Å². The van der Waals surface area contributed by atoms with Crippen LogP contribution >= 0.6 is 0 Å². The lowest BCUT2D eigenvalue weighted by atomic mass is 10.0. The Morgan fingerprint density at radius 2 is 1.88 bits per heavy atom. The van der Waals surface area contributed by atoms with Crippen LogP contribution < -0.4 is 5.32 Å². The zero-order valence-electron chi connectivity index (χ0n) is 10.8. The van der Waals surface area contributed by atoms with E-state index < -0.39 is 0 Å². The minimum absolute atomic E-state index is 0.493. The molecule has 16 heavy (non-hydrogen) atoms. The van der Waals surface area contributed by atoms with Crippen LogP contribution in [0.1, 0.15) is 38.6 Å². The number of likely N-dealkylation sites (N-methyl/N-ethyl adjacent to an activating group) is 1. The zero-order valence-corrected chi connectivity index (χ0v) is 10.8. The smallest absolute Gasteiger partial charge is 0.129 e. The molecule has 0 spiro atoms. The lowest BCUT2D eigenvalue weighted by molar-refractivity contribution is 0.418. The summed E-state index contributed by atoms with van der Waals surface area (Å²) in [6.45, 7) is 9.66. The molecule has 0 bridgehead atoms. The van der Waals surface area contributed by atoms with Gasteiger partial charge in [-0.3, -0.25) is 0 Å². The molecule has 0 saturated heterocycles. The van der Waals surface area contributed by atoms with Gasteiger partial charge in [-0.25, -0.2) is 9.97 Å². The lowest BCUT2D eigenvalue weighted by Crippen LogP contribution is -2.32. The van der Waals surface area contributed by atoms with E-state index >= 15 is 0 Å². The zero-order chi connectivity index (χ0) is 12.0. The van der Waals surface area contributed by atoms with Gasteiger partial charge in [-0.1, -0.05) is 20.8 Å². The van der Waals surface area contributed by atoms with Crippen molar-refractivity contribution in [1.82, 2.24) is 15.3 Å². The Balaban J connectivity index is 2.56. The molecular weight excluding hydrogens is 198 g/mol. The van der Waals surface area contributed by atoms with E-state index in [1.165, 1.54) is 6.42 Å². The maximum atomic E-state index is 4.36. The molecule has 90 valence electrons. The Labute approximate surface area is 98.7 Å². The van der Waals surface area contributed by atoms with Crippen LogP contribution in [-0.2, 0) is 6.42 Å². The van der Waals surface area contributed by atoms with E-state index in [4.69, 9.17) is 0 Å². The van der Waals surface area contributed by atoms with Crippen molar-refractivity contribution in [1.29, 1.82) is 0 Å². The SMILES string of the molecule is CCNC(Cc1ncc(C)cn1)CC(C)C. The molecule has 0 aromatic carbocycles. The molecule has 3 nitrogen and oxygen atoms in total. The van der Waals surface area contributed by atoms with E-state index in [0.29, 0.717) is 12.0 Å². The summed E-state index contributed by atoms with van der Waals surface area (Å²) in [5.41, 5.74) is 1.12. The number of aromatic nitrogens is 2. The van der Waals surface area contributed by atoms with Gasteiger partial charge in [-0.15, -0.1) is 0 Å². The van der Waals surface area contributed by atoms with Gasteiger partial charge in [0.2, 0.25) is 0 Å². The Hall–Kier alpha value is -0.960. The van der Waals surface area contributed by atoms with Crippen molar-refractivity contribution in [3.05, 3.63) is 23.8 Å². The molecule has 0 amide bonds. The van der Waals surface area contributed by atoms with Crippen molar-refractivity contribution in [2.75, 3.05) is 6.54 Å². The van der Waals surface area contributed by atoms with Crippen LogP contribution in [0.2, 0.25) is 0 Å². The predicted octanol–water partition coefficient (Wildman–Crippen LogP) is 2.35. The molecule has 1 aromatic rings. The number of aryl methyl sites for hydroxylation is 1. The molecule has 1 aromatic heterocycles. The summed E-state index contributed by atoms with van der Waals surface area (Å²) in [6.07, 6.45) is 5.87. The first-order chi connectivity index (χ1) is 7.61. The third-order valence-corrected chi connectivity index (χ3v) is 2.51. The first kappa shape index (κ1) is 13.1. The summed E-state index contributed by atoms with van der Waals surface area (Å²) in [5, 5.41) is 3.50. The normalized spacial score (nSPS) is 13.1. The minimum Gasteiger partial charge on any atom is -0.314 e. The molecule has 1 heterocycles. The topological polar surface area (TPSA) is 37.8 Å². The van der Waals surface area contributed by atoms with Crippen molar-refractivity contribution >= 4 is 0 Å². The summed E-state index contributed by atoms with van der Waals surface area (Å²) in [4.78, 5) is 8.71. The number of hydrogen-bond acceptors (Lipinski definition) is 3. The fourth-order valence-corrected chi connectivity index (χ4v) is 1.84. The van der Waals surface area contributed by atoms with Crippen LogP contribution in [0, 0.1) is 12.8 Å². The van der Waals surface area contributed by atoms with Gasteiger partial charge in [0.05, 0.1) is 0 Å². The molecule has 0 saturated carbocycles. The van der Waals surface area contributed by atoms with Crippen LogP contribution in [0.4, 0.5) is 0 Å². The van der Waals surface area contributed by atoms with Gasteiger partial charge in [-0.05, 0) is 31.4 Å². The van der Waals surface area contributed by atoms with Gasteiger partial charge >= 0.3 is 0 Å². The molecule has 1 atom stereocenters. The minimum atomic E-state index is 0.493. The summed E-state index contributed by atoms with van der Waals surface area (Å²) < 4.78 is 0. The highest BCUT2D eigenvalue weighted by atomic mass is 14.9. The van der Waals surface area contributed by atoms with Gasteiger partial charge in [-0.2, -0.15) is 0 Å². The maximum Gasteiger partial charge on any atom is 0.129 e. The molecule has 0 aliphatic rings. The van der Waals surface area contributed by atoms with Crippen molar-refractivity contribution in [2.45, 2.75) is 46.6 Å². The molecule has 3 heteroatoms. The Bertz CT molecular complexity index is 293. The second kappa shape index (κ2) is 6.59. The van der Waals surface area contributed by atoms with E-state index in [9.17, 15) is 0 Å². The molecule has 0 aliphatic carbocycles. The van der Waals surface area contributed by atoms with Crippen LogP contribution in [0.15, 0.2) is 12.4 Å². The quantitative estimate of drug-likeness (QED) is 0.801. The lowest BCUT2D eigenvalue weighted by Gasteiger charge is -2.19. The predicted molar refractivity (Wildman–Crippen MR) is 67.4 cm³/mol. The molecule has 1 unspecified atom stereocenters. The van der Waals surface area contributed by atoms with Crippen molar-refractivity contribution in [3.63, 3.8) is 0 Å². The molecular formula is C13H23N3. The van der Waals surface area contributed by atoms with E-state index in [2.05, 4.69) is 36.1 Å². The average molecular weight is 221 g/mol. The summed E-state index contributed by atoms with van der Waals surface area (Å²) in [5.74, 6) is 1.65. The summed E-state index contributed by atoms with van der Waals surface area (Å²) in [7, 11) is 0. The largest absolute Gasteiger partial charge is 0.314 e. The Kier molecular flexibility index (Phi) is 5.39. The van der Waals surface area contributed by atoms with Gasteiger partial charge in [0.15, 0.2) is 0 Å². The monoisotopic (exact) mass is 221 g/mol. The van der Waals surface area contributed by atoms with Gasteiger partial charge in [0.1, 0.15) is 5.82 Å². The number of nitrogens with one attached hydrogen (secondary N) is 1. The molecule has 0 fully saturated rings. The van der Waals surface area contributed by atoms with Crippen LogP contribution in [0.3, 0.4) is 0 Å². The molecule has 1 N–H and O–H groups in total. The van der Waals surface area contributed by atoms with E-state index in [-0.39, 0.29) is 0 Å². The van der Waals surface area contributed by atoms with Gasteiger partial charge < -0.3 is 5.32 Å². The average Bonchev–Trinajstić information content (AvgIpc) is 2.21. The van der Waals surface area contributed by atoms with Crippen LogP contribution in [0.25, 0.3) is 0 Å². The number of nitrogens with zero attached hydrogens (tertiary/aromatic N) is 2. The molecule has 0 aliphatic heterocycles. The first-order valence-electron chi connectivity index (χ1n) is 6.12. The highest BCUT2D eigenvalue weighted by molar-refractivity contribution is 5.02. The van der Waals surface area contributed by atoms with E-state index in [0.717, 1.165) is 24.4 Å². The molecule has 0 radical (unpaired) electrons. The number of hydrogen-bond donors (Lipinski definition) is 1. The van der Waals surface area contributed by atoms with E-state index in [1.54, 1.807) is 0 Å². The Morgan fingerprint density at radius 3 is 2.38 bits per heavy atom. The second-order valence-electron chi connectivity index (χ2n) is 4.76. The maximum absolute atomic E-state index is 4.36.